The zero-order valence-corrected chi connectivity index (χ0v) is 9.41. The van der Waals surface area contributed by atoms with Crippen LogP contribution in [-0.2, 0) is 0 Å². The molecule has 0 aliphatic carbocycles. The summed E-state index contributed by atoms with van der Waals surface area (Å²) in [5, 5.41) is 38.5. The van der Waals surface area contributed by atoms with Crippen LogP contribution in [0.3, 0.4) is 0 Å². The molecule has 0 aliphatic heterocycles. The van der Waals surface area contributed by atoms with Crippen molar-refractivity contribution >= 4 is 21.7 Å². The fraction of sp³-hybridized carbons (Fsp3) is 0. The SMILES string of the molecule is O=c1oc2cc(O)cc(O)c2c2cc(O)cc(O)c12. The fourth-order valence-corrected chi connectivity index (χ4v) is 2.11. The van der Waals surface area contributed by atoms with E-state index in [9.17, 15) is 25.2 Å². The molecule has 0 aliphatic rings. The molecule has 1 aromatic heterocycles. The van der Waals surface area contributed by atoms with Crippen LogP contribution in [0.1, 0.15) is 0 Å². The van der Waals surface area contributed by atoms with Gasteiger partial charge in [0.2, 0.25) is 0 Å². The first-order chi connectivity index (χ1) is 8.97. The number of aromatic hydroxyl groups is 4. The van der Waals surface area contributed by atoms with Crippen LogP contribution in [-0.4, -0.2) is 20.4 Å². The second-order valence-corrected chi connectivity index (χ2v) is 4.12. The van der Waals surface area contributed by atoms with Crippen molar-refractivity contribution in [3.63, 3.8) is 0 Å². The molecular formula is C13H8O6. The molecule has 0 saturated carbocycles. The first-order valence-corrected chi connectivity index (χ1v) is 5.32. The van der Waals surface area contributed by atoms with Gasteiger partial charge in [-0.1, -0.05) is 0 Å². The van der Waals surface area contributed by atoms with Crippen molar-refractivity contribution < 1.29 is 24.8 Å². The van der Waals surface area contributed by atoms with Gasteiger partial charge < -0.3 is 24.8 Å². The number of fused-ring (bicyclic) bond motifs is 3. The predicted molar refractivity (Wildman–Crippen MR) is 66.6 cm³/mol. The Balaban J connectivity index is 2.70. The maximum atomic E-state index is 11.8. The Morgan fingerprint density at radius 2 is 1.37 bits per heavy atom. The van der Waals surface area contributed by atoms with E-state index in [1.807, 2.05) is 0 Å². The number of hydrogen-bond donors (Lipinski definition) is 4. The van der Waals surface area contributed by atoms with E-state index in [0.29, 0.717) is 0 Å². The summed E-state index contributed by atoms with van der Waals surface area (Å²) in [5.41, 5.74) is -0.870. The average molecular weight is 260 g/mol. The Kier molecular flexibility index (Phi) is 2.10. The largest absolute Gasteiger partial charge is 0.508 e. The minimum absolute atomic E-state index is 0.0417. The second kappa shape index (κ2) is 3.55. The molecule has 3 aromatic rings. The number of benzene rings is 2. The Morgan fingerprint density at radius 3 is 2.05 bits per heavy atom. The first-order valence-electron chi connectivity index (χ1n) is 5.32. The molecule has 96 valence electrons. The van der Waals surface area contributed by atoms with E-state index in [1.54, 1.807) is 0 Å². The van der Waals surface area contributed by atoms with E-state index < -0.39 is 11.4 Å². The average Bonchev–Trinajstić information content (AvgIpc) is 2.25. The van der Waals surface area contributed by atoms with Crippen molar-refractivity contribution in [2.24, 2.45) is 0 Å². The lowest BCUT2D eigenvalue weighted by Crippen LogP contribution is -2.00. The third-order valence-corrected chi connectivity index (χ3v) is 2.84. The van der Waals surface area contributed by atoms with Gasteiger partial charge in [0, 0.05) is 23.6 Å². The molecule has 1 heterocycles. The zero-order valence-electron chi connectivity index (χ0n) is 9.41. The minimum atomic E-state index is -0.829. The Bertz CT molecular complexity index is 878. The number of rotatable bonds is 0. The van der Waals surface area contributed by atoms with Gasteiger partial charge in [0.1, 0.15) is 34.0 Å². The molecule has 19 heavy (non-hydrogen) atoms. The standard InChI is InChI=1S/C13H8O6/c14-5-1-7-11-8(16)3-6(15)4-10(11)19-13(18)12(7)9(17)2-5/h1-4,14-17H. The Morgan fingerprint density at radius 1 is 0.789 bits per heavy atom. The summed E-state index contributed by atoms with van der Waals surface area (Å²) >= 11 is 0. The summed E-state index contributed by atoms with van der Waals surface area (Å²) in [7, 11) is 0. The maximum Gasteiger partial charge on any atom is 0.347 e. The quantitative estimate of drug-likeness (QED) is 0.362. The van der Waals surface area contributed by atoms with Gasteiger partial charge >= 0.3 is 5.63 Å². The van der Waals surface area contributed by atoms with Gasteiger partial charge in [-0.05, 0) is 6.07 Å². The topological polar surface area (TPSA) is 111 Å². The lowest BCUT2D eigenvalue weighted by Gasteiger charge is -2.07. The first kappa shape index (κ1) is 11.2. The van der Waals surface area contributed by atoms with E-state index in [2.05, 4.69) is 0 Å². The highest BCUT2D eigenvalue weighted by molar-refractivity contribution is 6.10. The Hall–Kier alpha value is -2.89. The molecule has 0 saturated heterocycles. The van der Waals surface area contributed by atoms with E-state index in [-0.39, 0.29) is 39.0 Å². The summed E-state index contributed by atoms with van der Waals surface area (Å²) in [6.45, 7) is 0. The third-order valence-electron chi connectivity index (χ3n) is 2.84. The highest BCUT2D eigenvalue weighted by atomic mass is 16.4. The third kappa shape index (κ3) is 1.54. The molecule has 4 N–H and O–H groups in total. The van der Waals surface area contributed by atoms with Gasteiger partial charge in [-0.25, -0.2) is 4.79 Å². The van der Waals surface area contributed by atoms with Gasteiger partial charge in [0.15, 0.2) is 0 Å². The van der Waals surface area contributed by atoms with Gasteiger partial charge in [-0.2, -0.15) is 0 Å². The van der Waals surface area contributed by atoms with Crippen molar-refractivity contribution in [2.45, 2.75) is 0 Å². The van der Waals surface area contributed by atoms with Crippen molar-refractivity contribution in [3.8, 4) is 23.0 Å². The highest BCUT2D eigenvalue weighted by Crippen LogP contribution is 2.38. The zero-order chi connectivity index (χ0) is 13.7. The van der Waals surface area contributed by atoms with Crippen molar-refractivity contribution in [2.75, 3.05) is 0 Å². The lowest BCUT2D eigenvalue weighted by atomic mass is 10.1. The molecule has 0 spiro atoms. The van der Waals surface area contributed by atoms with E-state index in [4.69, 9.17) is 4.42 Å². The van der Waals surface area contributed by atoms with Crippen molar-refractivity contribution in [1.82, 2.24) is 0 Å². The monoisotopic (exact) mass is 260 g/mol. The maximum absolute atomic E-state index is 11.8. The molecule has 0 amide bonds. The molecule has 0 fully saturated rings. The van der Waals surface area contributed by atoms with Crippen LogP contribution in [0.4, 0.5) is 0 Å². The molecule has 0 atom stereocenters. The van der Waals surface area contributed by atoms with Gasteiger partial charge in [0.25, 0.3) is 0 Å². The molecule has 0 unspecified atom stereocenters. The number of phenolic OH excluding ortho intramolecular Hbond substituents is 4. The van der Waals surface area contributed by atoms with E-state index >= 15 is 0 Å². The van der Waals surface area contributed by atoms with Gasteiger partial charge in [-0.3, -0.25) is 0 Å². The molecular weight excluding hydrogens is 252 g/mol. The van der Waals surface area contributed by atoms with Crippen LogP contribution >= 0.6 is 0 Å². The minimum Gasteiger partial charge on any atom is -0.508 e. The molecule has 0 bridgehead atoms. The Labute approximate surface area is 105 Å². The van der Waals surface area contributed by atoms with Gasteiger partial charge in [-0.15, -0.1) is 0 Å². The number of phenols is 4. The summed E-state index contributed by atoms with van der Waals surface area (Å²) in [6, 6.07) is 4.47. The van der Waals surface area contributed by atoms with Crippen LogP contribution in [0.25, 0.3) is 21.7 Å². The molecule has 0 radical (unpaired) electrons. The summed E-state index contributed by atoms with van der Waals surface area (Å²) in [6.07, 6.45) is 0. The second-order valence-electron chi connectivity index (χ2n) is 4.12. The summed E-state index contributed by atoms with van der Waals surface area (Å²) < 4.78 is 4.94. The van der Waals surface area contributed by atoms with Gasteiger partial charge in [0.05, 0.1) is 5.39 Å². The molecule has 6 nitrogen and oxygen atoms in total. The van der Waals surface area contributed by atoms with Crippen LogP contribution in [0.2, 0.25) is 0 Å². The van der Waals surface area contributed by atoms with Crippen LogP contribution in [0.15, 0.2) is 33.5 Å². The summed E-state index contributed by atoms with van der Waals surface area (Å²) in [4.78, 5) is 11.8. The fourth-order valence-electron chi connectivity index (χ4n) is 2.11. The van der Waals surface area contributed by atoms with E-state index in [1.165, 1.54) is 6.07 Å². The molecule has 3 rings (SSSR count). The van der Waals surface area contributed by atoms with Crippen LogP contribution in [0.5, 0.6) is 23.0 Å². The highest BCUT2D eigenvalue weighted by Gasteiger charge is 2.16. The van der Waals surface area contributed by atoms with Crippen molar-refractivity contribution in [1.29, 1.82) is 0 Å². The molecule has 2 aromatic carbocycles. The number of hydrogen-bond acceptors (Lipinski definition) is 6. The summed E-state index contributed by atoms with van der Waals surface area (Å²) in [5.74, 6) is -1.30. The lowest BCUT2D eigenvalue weighted by molar-refractivity contribution is 0.449. The smallest absolute Gasteiger partial charge is 0.347 e. The van der Waals surface area contributed by atoms with E-state index in [0.717, 1.165) is 18.2 Å². The van der Waals surface area contributed by atoms with Crippen LogP contribution in [0, 0.1) is 0 Å². The van der Waals surface area contributed by atoms with Crippen LogP contribution < -0.4 is 5.63 Å². The predicted octanol–water partition coefficient (Wildman–Crippen LogP) is 1.77. The molecule has 6 heteroatoms. The van der Waals surface area contributed by atoms with Crippen molar-refractivity contribution in [3.05, 3.63) is 34.7 Å². The normalized spacial score (nSPS) is 11.2.